The van der Waals surface area contributed by atoms with E-state index >= 15 is 0 Å². The Morgan fingerprint density at radius 1 is 1.25 bits per heavy atom. The van der Waals surface area contributed by atoms with Crippen LogP contribution in [0.5, 0.6) is 0 Å². The van der Waals surface area contributed by atoms with Crippen molar-refractivity contribution in [2.24, 2.45) is 0 Å². The molecule has 24 valence electrons. The van der Waals surface area contributed by atoms with Gasteiger partial charge < -0.3 is 11.1 Å². The normalized spacial score (nSPS) is 2.00. The Morgan fingerprint density at radius 2 is 1.25 bits per heavy atom. The molecule has 0 aliphatic rings. The van der Waals surface area contributed by atoms with Crippen LogP contribution in [0.15, 0.2) is 0 Å². The van der Waals surface area contributed by atoms with Crippen LogP contribution in [0.3, 0.4) is 0 Å². The van der Waals surface area contributed by atoms with Gasteiger partial charge in [-0.1, -0.05) is 0 Å². The molecule has 0 atom stereocenters. The SMILES string of the molecule is I.[N-]=[N+]=[N-]. The van der Waals surface area contributed by atoms with Crippen LogP contribution in [-0.2, 0) is 0 Å². The van der Waals surface area contributed by atoms with Gasteiger partial charge in [-0.3, -0.25) is 4.91 Å². The quantitative estimate of drug-likeness (QED) is 0.229. The van der Waals surface area contributed by atoms with Crippen molar-refractivity contribution >= 4 is 24.0 Å². The molecule has 0 aliphatic carbocycles. The maximum atomic E-state index is 6.75. The topological polar surface area (TPSA) is 58.7 Å². The standard InChI is InChI=1S/HI.N3/c;1-3-2/h1H;/q;-1. The van der Waals surface area contributed by atoms with Crippen molar-refractivity contribution < 1.29 is 0 Å². The highest BCUT2D eigenvalue weighted by Gasteiger charge is 0.689. The predicted molar refractivity (Wildman–Crippen MR) is 25.5 cm³/mol. The van der Waals surface area contributed by atoms with Crippen LogP contribution in [0.2, 0.25) is 0 Å². The Morgan fingerprint density at radius 3 is 1.25 bits per heavy atom. The van der Waals surface area contributed by atoms with Gasteiger partial charge >= 0.3 is 0 Å². The summed E-state index contributed by atoms with van der Waals surface area (Å²) in [6.07, 6.45) is 0. The van der Waals surface area contributed by atoms with Crippen molar-refractivity contribution in [1.29, 1.82) is 0 Å². The lowest BCUT2D eigenvalue weighted by atomic mass is 13.0. The smallest absolute Gasteiger partial charge is 0.107 e. The highest BCUT2D eigenvalue weighted by molar-refractivity contribution is 14.0. The fourth-order valence-electron chi connectivity index (χ4n) is 0. The molecule has 0 saturated heterocycles. The molecular formula is HIN3-. The summed E-state index contributed by atoms with van der Waals surface area (Å²) in [6.45, 7) is 0. The third-order valence-electron chi connectivity index (χ3n) is 0. The molecule has 0 aliphatic heterocycles. The highest BCUT2D eigenvalue weighted by Crippen LogP contribution is 1.29. The molecule has 0 aromatic heterocycles. The zero-order chi connectivity index (χ0) is 2.71. The van der Waals surface area contributed by atoms with Crippen molar-refractivity contribution in [2.75, 3.05) is 0 Å². The number of hydrogen-bond acceptors (Lipinski definition) is 0. The minimum Gasteiger partial charge on any atom is -0.373 e. The van der Waals surface area contributed by atoms with E-state index in [1.165, 1.54) is 4.91 Å². The van der Waals surface area contributed by atoms with Crippen LogP contribution in [0.25, 0.3) is 16.0 Å². The van der Waals surface area contributed by atoms with Gasteiger partial charge in [-0.15, -0.1) is 24.0 Å². The molecule has 0 heterocycles. The fourth-order valence-corrected chi connectivity index (χ4v) is 0. The minimum atomic E-state index is 0. The lowest BCUT2D eigenvalue weighted by Gasteiger charge is -1.31. The van der Waals surface area contributed by atoms with E-state index in [9.17, 15) is 0 Å². The van der Waals surface area contributed by atoms with Gasteiger partial charge in [0.15, 0.2) is 0 Å². The number of hydrogen-bond donors (Lipinski definition) is 0. The Balaban J connectivity index is 0. The third kappa shape index (κ3) is 1380. The average molecular weight is 170 g/mol. The zero-order valence-corrected chi connectivity index (χ0v) is 4.08. The van der Waals surface area contributed by atoms with Gasteiger partial charge in [0.1, 0.15) is 0 Å². The van der Waals surface area contributed by atoms with Crippen molar-refractivity contribution in [3.05, 3.63) is 16.0 Å². The van der Waals surface area contributed by atoms with Gasteiger partial charge in [-0.25, -0.2) is 0 Å². The summed E-state index contributed by atoms with van der Waals surface area (Å²) in [5.41, 5.74) is 13.5. The minimum absolute atomic E-state index is 0. The van der Waals surface area contributed by atoms with Crippen LogP contribution >= 0.6 is 24.0 Å². The largest absolute Gasteiger partial charge is 0.373 e. The van der Waals surface area contributed by atoms with Crippen LogP contribution in [0.4, 0.5) is 0 Å². The van der Waals surface area contributed by atoms with Crippen LogP contribution in [0, 0.1) is 0 Å². The molecule has 4 heteroatoms. The summed E-state index contributed by atoms with van der Waals surface area (Å²) in [4.78, 5) is 1.50. The van der Waals surface area contributed by atoms with E-state index in [-0.39, 0.29) is 24.0 Å². The molecule has 0 radical (unpaired) electrons. The first-order chi connectivity index (χ1) is 1.41. The van der Waals surface area contributed by atoms with E-state index in [1.54, 1.807) is 0 Å². The molecule has 0 rings (SSSR count). The Bertz CT molecular complexity index is 24.3. The molecule has 3 nitrogen and oxygen atoms in total. The van der Waals surface area contributed by atoms with Gasteiger partial charge in [-0.05, 0) is 0 Å². The molecule has 0 unspecified atom stereocenters. The van der Waals surface area contributed by atoms with Crippen molar-refractivity contribution in [1.82, 2.24) is 0 Å². The number of nitrogens with zero attached hydrogens (tertiary/aromatic N) is 3. The third-order valence-corrected chi connectivity index (χ3v) is 0. The fraction of sp³-hybridized carbons (Fsp3) is 0. The first-order valence-electron chi connectivity index (χ1n) is 0.400. The maximum absolute atomic E-state index is 6.75. The molecule has 0 saturated carbocycles. The Hall–Kier alpha value is 0.0400. The monoisotopic (exact) mass is 170 g/mol. The highest BCUT2D eigenvalue weighted by atomic mass is 127. The van der Waals surface area contributed by atoms with Gasteiger partial charge in [0.05, 0.1) is 0 Å². The molecule has 4 heavy (non-hydrogen) atoms. The van der Waals surface area contributed by atoms with Gasteiger partial charge in [0, 0.05) is 0 Å². The summed E-state index contributed by atoms with van der Waals surface area (Å²) in [6, 6.07) is 0. The van der Waals surface area contributed by atoms with Gasteiger partial charge in [-0.2, -0.15) is 0 Å². The van der Waals surface area contributed by atoms with E-state index in [4.69, 9.17) is 11.1 Å². The van der Waals surface area contributed by atoms with E-state index in [2.05, 4.69) is 0 Å². The lowest BCUT2D eigenvalue weighted by molar-refractivity contribution is 2.36. The van der Waals surface area contributed by atoms with Gasteiger partial charge in [0.2, 0.25) is 0 Å². The number of halogens is 1. The summed E-state index contributed by atoms with van der Waals surface area (Å²) in [5.74, 6) is 0. The van der Waals surface area contributed by atoms with E-state index in [0.717, 1.165) is 0 Å². The van der Waals surface area contributed by atoms with Crippen LogP contribution in [0.1, 0.15) is 0 Å². The molecule has 0 aromatic carbocycles. The first kappa shape index (κ1) is 8.97. The van der Waals surface area contributed by atoms with E-state index < -0.39 is 0 Å². The Kier molecular flexibility index (Phi) is 26.2. The predicted octanol–water partition coefficient (Wildman–Crippen LogP) is 1.48. The molecule has 0 amide bonds. The molecule has 0 bridgehead atoms. The molecule has 0 aromatic rings. The second kappa shape index (κ2) is 11.7. The second-order valence-electron chi connectivity index (χ2n) is 0.0894. The van der Waals surface area contributed by atoms with E-state index in [0.29, 0.717) is 0 Å². The summed E-state index contributed by atoms with van der Waals surface area (Å²) >= 11 is 0. The second-order valence-corrected chi connectivity index (χ2v) is 0.0894. The van der Waals surface area contributed by atoms with Crippen molar-refractivity contribution in [2.45, 2.75) is 0 Å². The summed E-state index contributed by atoms with van der Waals surface area (Å²) in [7, 11) is 0. The molecular weight excluding hydrogens is 169 g/mol. The molecule has 0 N–H and O–H groups in total. The van der Waals surface area contributed by atoms with Crippen molar-refractivity contribution in [3.8, 4) is 0 Å². The molecule has 0 spiro atoms. The zero-order valence-electron chi connectivity index (χ0n) is 1.75. The number of rotatable bonds is 0. The Labute approximate surface area is 40.4 Å². The maximum Gasteiger partial charge on any atom is -0.107 e. The van der Waals surface area contributed by atoms with Gasteiger partial charge in [0.25, 0.3) is 0 Å². The summed E-state index contributed by atoms with van der Waals surface area (Å²) < 4.78 is 0. The van der Waals surface area contributed by atoms with Crippen molar-refractivity contribution in [3.63, 3.8) is 0 Å². The first-order valence-corrected chi connectivity index (χ1v) is 0.400. The summed E-state index contributed by atoms with van der Waals surface area (Å²) in [5, 5.41) is 0. The average Bonchev–Trinajstić information content (AvgIpc) is 0.918. The lowest BCUT2D eigenvalue weighted by Crippen LogP contribution is -0.711. The van der Waals surface area contributed by atoms with Crippen LogP contribution in [-0.4, -0.2) is 0 Å². The van der Waals surface area contributed by atoms with E-state index in [1.807, 2.05) is 0 Å². The molecule has 0 fully saturated rings. The van der Waals surface area contributed by atoms with Crippen LogP contribution < -0.4 is 0 Å².